The van der Waals surface area contributed by atoms with Gasteiger partial charge in [0.15, 0.2) is 0 Å². The first kappa shape index (κ1) is 23.4. The maximum atomic E-state index is 13.2. The van der Waals surface area contributed by atoms with Gasteiger partial charge in [0.05, 0.1) is 10.8 Å². The summed E-state index contributed by atoms with van der Waals surface area (Å²) in [7, 11) is -3.56. The van der Waals surface area contributed by atoms with Crippen LogP contribution in [0.5, 0.6) is 0 Å². The molecule has 2 saturated heterocycles. The number of sulfonamides is 1. The molecule has 0 saturated carbocycles. The largest absolute Gasteiger partial charge is 0.340 e. The van der Waals surface area contributed by atoms with Crippen molar-refractivity contribution in [3.8, 4) is 0 Å². The highest BCUT2D eigenvalue weighted by Crippen LogP contribution is 2.23. The Morgan fingerprint density at radius 2 is 1.36 bits per heavy atom. The predicted octanol–water partition coefficient (Wildman–Crippen LogP) is 2.69. The van der Waals surface area contributed by atoms with Gasteiger partial charge in [-0.3, -0.25) is 9.59 Å². The Morgan fingerprint density at radius 1 is 0.788 bits per heavy atom. The van der Waals surface area contributed by atoms with Crippen LogP contribution in [0.1, 0.15) is 34.3 Å². The molecular formula is C25H31N3O4S. The zero-order chi connectivity index (χ0) is 23.6. The van der Waals surface area contributed by atoms with Gasteiger partial charge in [-0.15, -0.1) is 0 Å². The second kappa shape index (κ2) is 9.65. The average molecular weight is 470 g/mol. The fourth-order valence-corrected chi connectivity index (χ4v) is 5.93. The number of amides is 2. The SMILES string of the molecule is Cc1ccc(C(=O)N2CCCC(C(=O)N3CCN(S(=O)(=O)c4ccc(C)cc4)CC3)C2)cc1. The first-order valence-electron chi connectivity index (χ1n) is 11.5. The molecule has 0 N–H and O–H groups in total. The number of aryl methyl sites for hydroxylation is 2. The van der Waals surface area contributed by atoms with Crippen LogP contribution in [0.15, 0.2) is 53.4 Å². The Balaban J connectivity index is 1.35. The predicted molar refractivity (Wildman–Crippen MR) is 126 cm³/mol. The van der Waals surface area contributed by atoms with Crippen molar-refractivity contribution in [1.82, 2.24) is 14.1 Å². The highest BCUT2D eigenvalue weighted by atomic mass is 32.2. The summed E-state index contributed by atoms with van der Waals surface area (Å²) in [6.07, 6.45) is 1.54. The first-order chi connectivity index (χ1) is 15.8. The van der Waals surface area contributed by atoms with Crippen LogP contribution >= 0.6 is 0 Å². The highest BCUT2D eigenvalue weighted by Gasteiger charge is 2.35. The topological polar surface area (TPSA) is 78.0 Å². The molecule has 0 bridgehead atoms. The van der Waals surface area contributed by atoms with Crippen LogP contribution in [0, 0.1) is 19.8 Å². The van der Waals surface area contributed by atoms with E-state index in [-0.39, 0.29) is 35.7 Å². The standard InChI is InChI=1S/C25H31N3O4S/c1-19-5-9-21(10-6-19)24(29)27-13-3-4-22(18-27)25(30)26-14-16-28(17-15-26)33(31,32)23-11-7-20(2)8-12-23/h5-12,22H,3-4,13-18H2,1-2H3. The van der Waals surface area contributed by atoms with Gasteiger partial charge in [-0.2, -0.15) is 4.31 Å². The molecule has 33 heavy (non-hydrogen) atoms. The number of rotatable bonds is 4. The van der Waals surface area contributed by atoms with Crippen LogP contribution in [0.2, 0.25) is 0 Å². The molecule has 8 heteroatoms. The van der Waals surface area contributed by atoms with E-state index in [2.05, 4.69) is 0 Å². The number of carbonyl (C=O) groups excluding carboxylic acids is 2. The highest BCUT2D eigenvalue weighted by molar-refractivity contribution is 7.89. The van der Waals surface area contributed by atoms with Gasteiger partial charge in [0, 0.05) is 44.8 Å². The average Bonchev–Trinajstić information content (AvgIpc) is 2.84. The molecule has 0 aromatic heterocycles. The lowest BCUT2D eigenvalue weighted by Crippen LogP contribution is -2.54. The molecule has 1 unspecified atom stereocenters. The van der Waals surface area contributed by atoms with Crippen LogP contribution in [0.25, 0.3) is 0 Å². The molecule has 2 aromatic carbocycles. The van der Waals surface area contributed by atoms with Gasteiger partial charge in [-0.25, -0.2) is 8.42 Å². The Bertz CT molecular complexity index is 1110. The number of hydrogen-bond donors (Lipinski definition) is 0. The summed E-state index contributed by atoms with van der Waals surface area (Å²) in [6, 6.07) is 14.3. The van der Waals surface area contributed by atoms with Crippen molar-refractivity contribution in [1.29, 1.82) is 0 Å². The molecule has 2 fully saturated rings. The third kappa shape index (κ3) is 5.12. The van der Waals surface area contributed by atoms with Crippen LogP contribution in [-0.2, 0) is 14.8 Å². The van der Waals surface area contributed by atoms with E-state index < -0.39 is 10.0 Å². The smallest absolute Gasteiger partial charge is 0.253 e. The van der Waals surface area contributed by atoms with Crippen molar-refractivity contribution in [3.05, 3.63) is 65.2 Å². The van der Waals surface area contributed by atoms with Gasteiger partial charge in [0.2, 0.25) is 15.9 Å². The monoisotopic (exact) mass is 469 g/mol. The lowest BCUT2D eigenvalue weighted by molar-refractivity contribution is -0.138. The van der Waals surface area contributed by atoms with Crippen molar-refractivity contribution < 1.29 is 18.0 Å². The van der Waals surface area contributed by atoms with Crippen molar-refractivity contribution in [3.63, 3.8) is 0 Å². The maximum absolute atomic E-state index is 13.2. The fraction of sp³-hybridized carbons (Fsp3) is 0.440. The number of nitrogens with zero attached hydrogens (tertiary/aromatic N) is 3. The molecule has 0 spiro atoms. The number of piperazine rings is 1. The molecule has 2 heterocycles. The van der Waals surface area contributed by atoms with Gasteiger partial charge < -0.3 is 9.80 Å². The zero-order valence-electron chi connectivity index (χ0n) is 19.2. The Hall–Kier alpha value is -2.71. The van der Waals surface area contributed by atoms with Crippen molar-refractivity contribution in [2.75, 3.05) is 39.3 Å². The third-order valence-electron chi connectivity index (χ3n) is 6.57. The van der Waals surface area contributed by atoms with Crippen molar-refractivity contribution >= 4 is 21.8 Å². The molecular weight excluding hydrogens is 438 g/mol. The van der Waals surface area contributed by atoms with Crippen LogP contribution in [0.4, 0.5) is 0 Å². The molecule has 2 aromatic rings. The molecule has 0 radical (unpaired) electrons. The van der Waals surface area contributed by atoms with Gasteiger partial charge in [-0.05, 0) is 51.0 Å². The summed E-state index contributed by atoms with van der Waals surface area (Å²) < 4.78 is 27.3. The van der Waals surface area contributed by atoms with E-state index in [1.807, 2.05) is 38.1 Å². The second-order valence-corrected chi connectivity index (χ2v) is 10.9. The fourth-order valence-electron chi connectivity index (χ4n) is 4.51. The summed E-state index contributed by atoms with van der Waals surface area (Å²) >= 11 is 0. The lowest BCUT2D eigenvalue weighted by Gasteiger charge is -2.38. The molecule has 2 aliphatic rings. The number of carbonyl (C=O) groups is 2. The normalized spacial score (nSPS) is 20.0. The Morgan fingerprint density at radius 3 is 1.97 bits per heavy atom. The van der Waals surface area contributed by atoms with E-state index in [4.69, 9.17) is 0 Å². The van der Waals surface area contributed by atoms with Crippen molar-refractivity contribution in [2.24, 2.45) is 5.92 Å². The summed E-state index contributed by atoms with van der Waals surface area (Å²) in [4.78, 5) is 29.9. The van der Waals surface area contributed by atoms with E-state index in [0.29, 0.717) is 31.7 Å². The quantitative estimate of drug-likeness (QED) is 0.690. The van der Waals surface area contributed by atoms with Gasteiger partial charge in [-0.1, -0.05) is 35.4 Å². The molecule has 7 nitrogen and oxygen atoms in total. The number of hydrogen-bond acceptors (Lipinski definition) is 4. The molecule has 0 aliphatic carbocycles. The molecule has 1 atom stereocenters. The lowest BCUT2D eigenvalue weighted by atomic mass is 9.95. The van der Waals surface area contributed by atoms with E-state index in [9.17, 15) is 18.0 Å². The molecule has 2 aliphatic heterocycles. The number of likely N-dealkylation sites (tertiary alicyclic amines) is 1. The summed E-state index contributed by atoms with van der Waals surface area (Å²) in [6.45, 7) is 6.25. The minimum absolute atomic E-state index is 0.0174. The Labute approximate surface area is 196 Å². The molecule has 4 rings (SSSR count). The minimum atomic E-state index is -3.56. The molecule has 176 valence electrons. The Kier molecular flexibility index (Phi) is 6.86. The van der Waals surface area contributed by atoms with E-state index in [1.54, 1.807) is 34.1 Å². The summed E-state index contributed by atoms with van der Waals surface area (Å²) in [5.74, 6) is -0.265. The van der Waals surface area contributed by atoms with Crippen LogP contribution in [-0.4, -0.2) is 73.6 Å². The van der Waals surface area contributed by atoms with Crippen LogP contribution < -0.4 is 0 Å². The maximum Gasteiger partial charge on any atom is 0.253 e. The molecule has 2 amide bonds. The summed E-state index contributed by atoms with van der Waals surface area (Å²) in [5, 5.41) is 0. The van der Waals surface area contributed by atoms with Crippen LogP contribution in [0.3, 0.4) is 0 Å². The van der Waals surface area contributed by atoms with Gasteiger partial charge in [0.25, 0.3) is 5.91 Å². The number of benzene rings is 2. The van der Waals surface area contributed by atoms with E-state index in [1.165, 1.54) is 4.31 Å². The van der Waals surface area contributed by atoms with E-state index in [0.717, 1.165) is 24.0 Å². The zero-order valence-corrected chi connectivity index (χ0v) is 20.1. The number of piperidine rings is 1. The third-order valence-corrected chi connectivity index (χ3v) is 8.48. The first-order valence-corrected chi connectivity index (χ1v) is 12.9. The summed E-state index contributed by atoms with van der Waals surface area (Å²) in [5.41, 5.74) is 2.75. The van der Waals surface area contributed by atoms with E-state index >= 15 is 0 Å². The van der Waals surface area contributed by atoms with Gasteiger partial charge in [0.1, 0.15) is 0 Å². The van der Waals surface area contributed by atoms with Gasteiger partial charge >= 0.3 is 0 Å². The second-order valence-electron chi connectivity index (χ2n) is 9.00. The van der Waals surface area contributed by atoms with Crippen molar-refractivity contribution in [2.45, 2.75) is 31.6 Å². The minimum Gasteiger partial charge on any atom is -0.340 e.